The summed E-state index contributed by atoms with van der Waals surface area (Å²) >= 11 is 0. The Labute approximate surface area is 176 Å². The van der Waals surface area contributed by atoms with Crippen LogP contribution in [-0.4, -0.2) is 5.97 Å². The molecule has 30 heavy (non-hydrogen) atoms. The summed E-state index contributed by atoms with van der Waals surface area (Å²) in [6.45, 7) is 4.01. The summed E-state index contributed by atoms with van der Waals surface area (Å²) in [5, 5.41) is 0. The third kappa shape index (κ3) is 6.05. The normalized spacial score (nSPS) is 12.1. The van der Waals surface area contributed by atoms with Crippen LogP contribution < -0.4 is 4.74 Å². The summed E-state index contributed by atoms with van der Waals surface area (Å²) in [5.41, 5.74) is 1.28. The van der Waals surface area contributed by atoms with Gasteiger partial charge < -0.3 is 9.47 Å². The van der Waals surface area contributed by atoms with E-state index in [2.05, 4.69) is 0 Å². The highest BCUT2D eigenvalue weighted by atomic mass is 19.1. The lowest BCUT2D eigenvalue weighted by atomic mass is 9.94. The fourth-order valence-electron chi connectivity index (χ4n) is 2.96. The Bertz CT molecular complexity index is 996. The second-order valence-electron chi connectivity index (χ2n) is 7.32. The Morgan fingerprint density at radius 1 is 0.933 bits per heavy atom. The van der Waals surface area contributed by atoms with Gasteiger partial charge in [0.2, 0.25) is 0 Å². The molecule has 0 bridgehead atoms. The fourth-order valence-corrected chi connectivity index (χ4v) is 2.96. The van der Waals surface area contributed by atoms with Crippen LogP contribution in [0.5, 0.6) is 11.5 Å². The number of halogens is 1. The maximum atomic E-state index is 13.8. The minimum atomic E-state index is -0.464. The van der Waals surface area contributed by atoms with Gasteiger partial charge in [0.05, 0.1) is 5.92 Å². The Balaban J connectivity index is 1.63. The Hall–Kier alpha value is -3.40. The molecular weight excluding hydrogens is 379 g/mol. The van der Waals surface area contributed by atoms with E-state index in [1.807, 2.05) is 68.4 Å². The molecule has 0 aliphatic heterocycles. The second kappa shape index (κ2) is 10.4. The highest BCUT2D eigenvalue weighted by Crippen LogP contribution is 2.23. The molecule has 3 nitrogen and oxygen atoms in total. The Kier molecular flexibility index (Phi) is 7.39. The lowest BCUT2D eigenvalue weighted by Crippen LogP contribution is -2.20. The van der Waals surface area contributed by atoms with E-state index in [0.717, 1.165) is 11.3 Å². The van der Waals surface area contributed by atoms with Crippen LogP contribution in [0.1, 0.15) is 25.0 Å². The molecular formula is C26H25FO3. The lowest BCUT2D eigenvalue weighted by molar-refractivity contribution is -0.149. The molecule has 0 amide bonds. The number of esters is 1. The van der Waals surface area contributed by atoms with Crippen molar-refractivity contribution in [2.24, 2.45) is 11.8 Å². The number of benzene rings is 3. The zero-order chi connectivity index (χ0) is 21.3. The molecule has 0 aliphatic carbocycles. The molecule has 0 saturated heterocycles. The predicted octanol–water partition coefficient (Wildman–Crippen LogP) is 6.65. The zero-order valence-electron chi connectivity index (χ0n) is 17.1. The van der Waals surface area contributed by atoms with Crippen molar-refractivity contribution in [1.29, 1.82) is 0 Å². The summed E-state index contributed by atoms with van der Waals surface area (Å²) in [6, 6.07) is 23.4. The molecule has 0 spiro atoms. The maximum absolute atomic E-state index is 13.8. The van der Waals surface area contributed by atoms with Crippen LogP contribution in [0.25, 0.3) is 6.08 Å². The number of rotatable bonds is 8. The summed E-state index contributed by atoms with van der Waals surface area (Å²) < 4.78 is 25.2. The number of hydrogen-bond donors (Lipinski definition) is 0. The average Bonchev–Trinajstić information content (AvgIpc) is 2.74. The van der Waals surface area contributed by atoms with Crippen LogP contribution in [0.2, 0.25) is 0 Å². The first-order valence-electron chi connectivity index (χ1n) is 9.94. The third-order valence-corrected chi connectivity index (χ3v) is 4.64. The maximum Gasteiger partial charge on any atom is 0.313 e. The van der Waals surface area contributed by atoms with Crippen LogP contribution in [-0.2, 0) is 16.1 Å². The van der Waals surface area contributed by atoms with Crippen molar-refractivity contribution < 1.29 is 18.7 Å². The van der Waals surface area contributed by atoms with Gasteiger partial charge in [0.25, 0.3) is 0 Å². The number of ether oxygens (including phenoxy) is 2. The highest BCUT2D eigenvalue weighted by molar-refractivity contribution is 5.76. The molecule has 0 aliphatic rings. The predicted molar refractivity (Wildman–Crippen MR) is 117 cm³/mol. The van der Waals surface area contributed by atoms with Crippen molar-refractivity contribution >= 4 is 12.0 Å². The molecule has 0 fully saturated rings. The number of para-hydroxylation sites is 1. The molecule has 0 aromatic heterocycles. The molecule has 0 heterocycles. The number of hydrogen-bond acceptors (Lipinski definition) is 3. The summed E-state index contributed by atoms with van der Waals surface area (Å²) in [7, 11) is 0. The molecule has 1 atom stereocenters. The smallest absolute Gasteiger partial charge is 0.313 e. The molecule has 154 valence electrons. The molecule has 3 rings (SSSR count). The van der Waals surface area contributed by atoms with Crippen LogP contribution >= 0.6 is 0 Å². The van der Waals surface area contributed by atoms with Gasteiger partial charge in [-0.1, -0.05) is 74.5 Å². The van der Waals surface area contributed by atoms with Crippen LogP contribution in [0, 0.1) is 17.7 Å². The van der Waals surface area contributed by atoms with Gasteiger partial charge in [0, 0.05) is 5.56 Å². The largest absolute Gasteiger partial charge is 0.460 e. The number of carbonyl (C=O) groups excluding carboxylic acids is 1. The van der Waals surface area contributed by atoms with Gasteiger partial charge in [-0.15, -0.1) is 0 Å². The molecule has 4 heteroatoms. The van der Waals surface area contributed by atoms with Crippen molar-refractivity contribution in [1.82, 2.24) is 0 Å². The van der Waals surface area contributed by atoms with E-state index >= 15 is 0 Å². The van der Waals surface area contributed by atoms with E-state index in [4.69, 9.17) is 9.47 Å². The zero-order valence-corrected chi connectivity index (χ0v) is 17.1. The van der Waals surface area contributed by atoms with Crippen molar-refractivity contribution in [3.63, 3.8) is 0 Å². The lowest BCUT2D eigenvalue weighted by Gasteiger charge is -2.16. The van der Waals surface area contributed by atoms with Crippen molar-refractivity contribution in [3.8, 4) is 11.5 Å². The summed E-state index contributed by atoms with van der Waals surface area (Å²) in [4.78, 5) is 12.6. The molecule has 1 unspecified atom stereocenters. The van der Waals surface area contributed by atoms with E-state index < -0.39 is 5.92 Å². The highest BCUT2D eigenvalue weighted by Gasteiger charge is 2.21. The standard InChI is InChI=1S/C26H25FO3/c1-19(2)24(16-15-21-10-6-7-14-25(21)27)26(28)29-18-20-9-8-13-23(17-20)30-22-11-4-3-5-12-22/h3-17,19,24H,18H2,1-2H3. The van der Waals surface area contributed by atoms with Crippen LogP contribution in [0.3, 0.4) is 0 Å². The first-order valence-corrected chi connectivity index (χ1v) is 9.94. The fraction of sp³-hybridized carbons (Fsp3) is 0.192. The van der Waals surface area contributed by atoms with Crippen molar-refractivity contribution in [2.75, 3.05) is 0 Å². The number of carbonyl (C=O) groups is 1. The molecule has 0 saturated carbocycles. The van der Waals surface area contributed by atoms with Gasteiger partial charge >= 0.3 is 5.97 Å². The monoisotopic (exact) mass is 404 g/mol. The van der Waals surface area contributed by atoms with Crippen molar-refractivity contribution in [3.05, 3.63) is 102 Å². The molecule has 3 aromatic rings. The minimum Gasteiger partial charge on any atom is -0.460 e. The third-order valence-electron chi connectivity index (χ3n) is 4.64. The SMILES string of the molecule is CC(C)C(C=Cc1ccccc1F)C(=O)OCc1cccc(Oc2ccccc2)c1. The van der Waals surface area contributed by atoms with E-state index in [0.29, 0.717) is 11.3 Å². The van der Waals surface area contributed by atoms with Gasteiger partial charge in [-0.3, -0.25) is 4.79 Å². The van der Waals surface area contributed by atoms with Crippen molar-refractivity contribution in [2.45, 2.75) is 20.5 Å². The van der Waals surface area contributed by atoms with Gasteiger partial charge in [0.15, 0.2) is 0 Å². The minimum absolute atomic E-state index is 0.0215. The summed E-state index contributed by atoms with van der Waals surface area (Å²) in [5.74, 6) is 0.313. The average molecular weight is 404 g/mol. The van der Waals surface area contributed by atoms with Gasteiger partial charge in [-0.2, -0.15) is 0 Å². The first-order chi connectivity index (χ1) is 14.5. The van der Waals surface area contributed by atoms with Gasteiger partial charge in [-0.25, -0.2) is 4.39 Å². The van der Waals surface area contributed by atoms with E-state index in [1.165, 1.54) is 6.07 Å². The second-order valence-corrected chi connectivity index (χ2v) is 7.32. The van der Waals surface area contributed by atoms with Gasteiger partial charge in [0.1, 0.15) is 23.9 Å². The molecule has 0 N–H and O–H groups in total. The van der Waals surface area contributed by atoms with Crippen LogP contribution in [0.15, 0.2) is 84.9 Å². The first kappa shape index (κ1) is 21.3. The van der Waals surface area contributed by atoms with E-state index in [-0.39, 0.29) is 24.3 Å². The molecule has 3 aromatic carbocycles. The van der Waals surface area contributed by atoms with E-state index in [1.54, 1.807) is 30.4 Å². The Morgan fingerprint density at radius 2 is 1.63 bits per heavy atom. The van der Waals surface area contributed by atoms with E-state index in [9.17, 15) is 9.18 Å². The van der Waals surface area contributed by atoms with Crippen LogP contribution in [0.4, 0.5) is 4.39 Å². The van der Waals surface area contributed by atoms with Gasteiger partial charge in [-0.05, 0) is 41.8 Å². The topological polar surface area (TPSA) is 35.5 Å². The molecule has 0 radical (unpaired) electrons. The quantitative estimate of drug-likeness (QED) is 0.395. The Morgan fingerprint density at radius 3 is 2.37 bits per heavy atom. The summed E-state index contributed by atoms with van der Waals surface area (Å²) in [6.07, 6.45) is 3.34.